The molecule has 16 heavy (non-hydrogen) atoms. The zero-order valence-corrected chi connectivity index (χ0v) is 10.5. The summed E-state index contributed by atoms with van der Waals surface area (Å²) in [4.78, 5) is 18.1. The maximum atomic E-state index is 12.0. The smallest absolute Gasteiger partial charge is 0.225 e. The minimum Gasteiger partial charge on any atom is -0.334 e. The summed E-state index contributed by atoms with van der Waals surface area (Å²) in [7, 11) is 0. The quantitative estimate of drug-likeness (QED) is 0.781. The van der Waals surface area contributed by atoms with Gasteiger partial charge in [-0.05, 0) is 26.0 Å². The number of hydrogen-bond acceptors (Lipinski definition) is 2. The van der Waals surface area contributed by atoms with Gasteiger partial charge in [-0.3, -0.25) is 9.78 Å². The van der Waals surface area contributed by atoms with Crippen molar-refractivity contribution in [1.82, 2.24) is 9.88 Å². The van der Waals surface area contributed by atoms with Crippen LogP contribution in [0.5, 0.6) is 0 Å². The van der Waals surface area contributed by atoms with Crippen molar-refractivity contribution in [2.45, 2.75) is 40.3 Å². The Bertz CT molecular complexity index is 333. The molecule has 3 heteroatoms. The van der Waals surface area contributed by atoms with Crippen LogP contribution in [0.3, 0.4) is 0 Å². The molecule has 1 rings (SSSR count). The summed E-state index contributed by atoms with van der Waals surface area (Å²) >= 11 is 0. The molecule has 0 radical (unpaired) electrons. The summed E-state index contributed by atoms with van der Waals surface area (Å²) < 4.78 is 0. The Labute approximate surface area is 97.5 Å². The van der Waals surface area contributed by atoms with Crippen LogP contribution in [-0.4, -0.2) is 21.8 Å². The van der Waals surface area contributed by atoms with Crippen LogP contribution in [-0.2, 0) is 11.3 Å². The summed E-state index contributed by atoms with van der Waals surface area (Å²) in [6.07, 6.45) is 1.76. The summed E-state index contributed by atoms with van der Waals surface area (Å²) in [6.45, 7) is 8.51. The fourth-order valence-corrected chi connectivity index (χ4v) is 1.51. The van der Waals surface area contributed by atoms with Crippen molar-refractivity contribution in [3.8, 4) is 0 Å². The van der Waals surface area contributed by atoms with Crippen molar-refractivity contribution in [1.29, 1.82) is 0 Å². The molecule has 0 fully saturated rings. The SMILES string of the molecule is CC(C)C(=O)N(Cc1ccccn1)C(C)C. The van der Waals surface area contributed by atoms with Crippen LogP contribution >= 0.6 is 0 Å². The second kappa shape index (κ2) is 5.64. The third-order valence-electron chi connectivity index (χ3n) is 2.46. The van der Waals surface area contributed by atoms with Crippen LogP contribution in [0.1, 0.15) is 33.4 Å². The molecular formula is C13H20N2O. The molecule has 0 atom stereocenters. The van der Waals surface area contributed by atoms with Crippen molar-refractivity contribution in [3.63, 3.8) is 0 Å². The topological polar surface area (TPSA) is 33.2 Å². The number of carbonyl (C=O) groups is 1. The van der Waals surface area contributed by atoms with Crippen molar-refractivity contribution in [2.24, 2.45) is 5.92 Å². The molecule has 1 amide bonds. The molecule has 1 heterocycles. The molecule has 1 aromatic rings. The summed E-state index contributed by atoms with van der Waals surface area (Å²) in [6, 6.07) is 5.98. The van der Waals surface area contributed by atoms with E-state index in [1.54, 1.807) is 6.20 Å². The van der Waals surface area contributed by atoms with E-state index in [-0.39, 0.29) is 17.9 Å². The fraction of sp³-hybridized carbons (Fsp3) is 0.538. The van der Waals surface area contributed by atoms with E-state index in [2.05, 4.69) is 4.98 Å². The van der Waals surface area contributed by atoms with Gasteiger partial charge in [0.15, 0.2) is 0 Å². The molecule has 3 nitrogen and oxygen atoms in total. The number of aromatic nitrogens is 1. The van der Waals surface area contributed by atoms with Crippen molar-refractivity contribution >= 4 is 5.91 Å². The highest BCUT2D eigenvalue weighted by molar-refractivity contribution is 5.78. The lowest BCUT2D eigenvalue weighted by atomic mass is 10.1. The number of rotatable bonds is 4. The van der Waals surface area contributed by atoms with Crippen LogP contribution in [0, 0.1) is 5.92 Å². The number of amides is 1. The highest BCUT2D eigenvalue weighted by atomic mass is 16.2. The van der Waals surface area contributed by atoms with Crippen molar-refractivity contribution < 1.29 is 4.79 Å². The maximum Gasteiger partial charge on any atom is 0.225 e. The predicted octanol–water partition coefficient (Wildman–Crippen LogP) is 2.47. The van der Waals surface area contributed by atoms with Gasteiger partial charge < -0.3 is 4.90 Å². The monoisotopic (exact) mass is 220 g/mol. The lowest BCUT2D eigenvalue weighted by Gasteiger charge is -2.28. The van der Waals surface area contributed by atoms with Gasteiger partial charge in [0.25, 0.3) is 0 Å². The average molecular weight is 220 g/mol. The molecule has 0 N–H and O–H groups in total. The first-order valence-corrected chi connectivity index (χ1v) is 5.72. The normalized spacial score (nSPS) is 10.9. The Morgan fingerprint density at radius 3 is 2.44 bits per heavy atom. The molecule has 0 unspecified atom stereocenters. The first-order valence-electron chi connectivity index (χ1n) is 5.72. The molecule has 0 aliphatic heterocycles. The molecule has 0 spiro atoms. The van der Waals surface area contributed by atoms with Gasteiger partial charge in [0.1, 0.15) is 0 Å². The number of hydrogen-bond donors (Lipinski definition) is 0. The van der Waals surface area contributed by atoms with Crippen LogP contribution < -0.4 is 0 Å². The summed E-state index contributed by atoms with van der Waals surface area (Å²) in [5, 5.41) is 0. The van der Waals surface area contributed by atoms with Gasteiger partial charge in [-0.15, -0.1) is 0 Å². The van der Waals surface area contributed by atoms with Gasteiger partial charge in [0.2, 0.25) is 5.91 Å². The van der Waals surface area contributed by atoms with E-state index in [0.29, 0.717) is 6.54 Å². The van der Waals surface area contributed by atoms with Crippen LogP contribution in [0.15, 0.2) is 24.4 Å². The minimum atomic E-state index is 0.0334. The lowest BCUT2D eigenvalue weighted by Crippen LogP contribution is -2.39. The second-order valence-electron chi connectivity index (χ2n) is 4.54. The molecule has 0 saturated carbocycles. The van der Waals surface area contributed by atoms with E-state index in [1.807, 2.05) is 50.8 Å². The molecule has 0 aliphatic carbocycles. The molecule has 1 aromatic heterocycles. The number of nitrogens with zero attached hydrogens (tertiary/aromatic N) is 2. The van der Waals surface area contributed by atoms with Crippen LogP contribution in [0.25, 0.3) is 0 Å². The van der Waals surface area contributed by atoms with Crippen LogP contribution in [0.4, 0.5) is 0 Å². The molecular weight excluding hydrogens is 200 g/mol. The van der Waals surface area contributed by atoms with E-state index in [0.717, 1.165) is 5.69 Å². The summed E-state index contributed by atoms with van der Waals surface area (Å²) in [5.74, 6) is 0.215. The van der Waals surface area contributed by atoms with Gasteiger partial charge in [-0.2, -0.15) is 0 Å². The number of carbonyl (C=O) groups excluding carboxylic acids is 1. The van der Waals surface area contributed by atoms with Gasteiger partial charge >= 0.3 is 0 Å². The highest BCUT2D eigenvalue weighted by Crippen LogP contribution is 2.10. The Morgan fingerprint density at radius 1 is 1.31 bits per heavy atom. The molecule has 0 saturated heterocycles. The Kier molecular flexibility index (Phi) is 4.47. The third-order valence-corrected chi connectivity index (χ3v) is 2.46. The van der Waals surface area contributed by atoms with Gasteiger partial charge in [-0.1, -0.05) is 19.9 Å². The largest absolute Gasteiger partial charge is 0.334 e. The second-order valence-corrected chi connectivity index (χ2v) is 4.54. The Hall–Kier alpha value is -1.38. The van der Waals surface area contributed by atoms with Gasteiger partial charge in [0.05, 0.1) is 12.2 Å². The predicted molar refractivity (Wildman–Crippen MR) is 64.8 cm³/mol. The van der Waals surface area contributed by atoms with Gasteiger partial charge in [-0.25, -0.2) is 0 Å². The van der Waals surface area contributed by atoms with Crippen LogP contribution in [0.2, 0.25) is 0 Å². The number of pyridine rings is 1. The van der Waals surface area contributed by atoms with E-state index in [4.69, 9.17) is 0 Å². The van der Waals surface area contributed by atoms with E-state index >= 15 is 0 Å². The van der Waals surface area contributed by atoms with Crippen molar-refractivity contribution in [3.05, 3.63) is 30.1 Å². The first-order chi connectivity index (χ1) is 7.52. The third kappa shape index (κ3) is 3.33. The molecule has 88 valence electrons. The minimum absolute atomic E-state index is 0.0334. The molecule has 0 aliphatic rings. The van der Waals surface area contributed by atoms with Crippen molar-refractivity contribution in [2.75, 3.05) is 0 Å². The van der Waals surface area contributed by atoms with E-state index in [1.165, 1.54) is 0 Å². The zero-order chi connectivity index (χ0) is 12.1. The molecule has 0 bridgehead atoms. The zero-order valence-electron chi connectivity index (χ0n) is 10.5. The van der Waals surface area contributed by atoms with Gasteiger partial charge in [0, 0.05) is 18.2 Å². The van der Waals surface area contributed by atoms with E-state index < -0.39 is 0 Å². The highest BCUT2D eigenvalue weighted by Gasteiger charge is 2.20. The fourth-order valence-electron chi connectivity index (χ4n) is 1.51. The summed E-state index contributed by atoms with van der Waals surface area (Å²) in [5.41, 5.74) is 0.935. The van der Waals surface area contributed by atoms with E-state index in [9.17, 15) is 4.79 Å². The Morgan fingerprint density at radius 2 is 2.00 bits per heavy atom. The first kappa shape index (κ1) is 12.7. The standard InChI is InChI=1S/C13H20N2O/c1-10(2)13(16)15(11(3)4)9-12-7-5-6-8-14-12/h5-8,10-11H,9H2,1-4H3. The molecule has 0 aromatic carbocycles. The maximum absolute atomic E-state index is 12.0. The lowest BCUT2D eigenvalue weighted by molar-refractivity contribution is -0.136. The average Bonchev–Trinajstić information content (AvgIpc) is 2.26. The Balaban J connectivity index is 2.77.